The van der Waals surface area contributed by atoms with Gasteiger partial charge in [0.1, 0.15) is 0 Å². The molecule has 0 spiro atoms. The second kappa shape index (κ2) is 12.2. The molecule has 3 saturated carbocycles. The second-order valence-corrected chi connectivity index (χ2v) is 11.2. The lowest BCUT2D eigenvalue weighted by Gasteiger charge is -2.46. The largest absolute Gasteiger partial charge is 0.423 e. The number of esters is 1. The Labute approximate surface area is 206 Å². The molecule has 0 aromatic heterocycles. The number of hydrogen-bond donors (Lipinski definition) is 0. The number of benzene rings is 1. The van der Waals surface area contributed by atoms with E-state index in [1.165, 1.54) is 57.4 Å². The molecule has 3 aliphatic carbocycles. The summed E-state index contributed by atoms with van der Waals surface area (Å²) in [4.78, 5) is 13.1. The standard InChI is InChI=1S/C31H43FO2/c1-3-5-8-22-12-15-24(16-13-22)25-17-18-27-26(21-25)10-7-11-28(27)31(33)34-30-19-14-23(9-6-4-2)20-29(30)32/h3-4,14,19-20,22,24-28H,1-2,5-13,15-18,21H2. The van der Waals surface area contributed by atoms with E-state index in [1.54, 1.807) is 6.07 Å². The number of rotatable bonds is 9. The van der Waals surface area contributed by atoms with E-state index in [2.05, 4.69) is 19.2 Å². The van der Waals surface area contributed by atoms with Crippen molar-refractivity contribution >= 4 is 5.97 Å². The van der Waals surface area contributed by atoms with E-state index in [4.69, 9.17) is 4.74 Å². The monoisotopic (exact) mass is 466 g/mol. The zero-order chi connectivity index (χ0) is 23.9. The molecular weight excluding hydrogens is 423 g/mol. The topological polar surface area (TPSA) is 26.3 Å². The van der Waals surface area contributed by atoms with Crippen LogP contribution in [-0.4, -0.2) is 5.97 Å². The Morgan fingerprint density at radius 3 is 2.44 bits per heavy atom. The van der Waals surface area contributed by atoms with Crippen molar-refractivity contribution in [2.45, 2.75) is 89.9 Å². The molecule has 0 heterocycles. The maximum absolute atomic E-state index is 14.6. The van der Waals surface area contributed by atoms with Crippen LogP contribution in [0.2, 0.25) is 0 Å². The Morgan fingerprint density at radius 2 is 1.71 bits per heavy atom. The van der Waals surface area contributed by atoms with Crippen molar-refractivity contribution in [3.05, 3.63) is 54.9 Å². The minimum Gasteiger partial charge on any atom is -0.423 e. The Kier molecular flexibility index (Phi) is 9.03. The van der Waals surface area contributed by atoms with Crippen molar-refractivity contribution in [1.82, 2.24) is 0 Å². The predicted octanol–water partition coefficient (Wildman–Crippen LogP) is 8.45. The van der Waals surface area contributed by atoms with E-state index >= 15 is 0 Å². The summed E-state index contributed by atoms with van der Waals surface area (Å²) < 4.78 is 20.2. The smallest absolute Gasteiger partial charge is 0.314 e. The van der Waals surface area contributed by atoms with E-state index in [1.807, 2.05) is 12.1 Å². The average molecular weight is 467 g/mol. The number of halogens is 1. The molecule has 4 atom stereocenters. The highest BCUT2D eigenvalue weighted by Gasteiger charge is 2.43. The summed E-state index contributed by atoms with van der Waals surface area (Å²) in [6, 6.07) is 4.97. The highest BCUT2D eigenvalue weighted by atomic mass is 19.1. The van der Waals surface area contributed by atoms with Gasteiger partial charge >= 0.3 is 5.97 Å². The summed E-state index contributed by atoms with van der Waals surface area (Å²) in [7, 11) is 0. The molecule has 3 heteroatoms. The Morgan fingerprint density at radius 1 is 0.941 bits per heavy atom. The van der Waals surface area contributed by atoms with Crippen LogP contribution in [0.1, 0.15) is 89.0 Å². The molecule has 3 aliphatic rings. The van der Waals surface area contributed by atoms with Crippen LogP contribution in [0, 0.1) is 41.3 Å². The molecule has 2 nitrogen and oxygen atoms in total. The highest BCUT2D eigenvalue weighted by molar-refractivity contribution is 5.75. The third kappa shape index (κ3) is 6.20. The minimum atomic E-state index is -0.435. The molecule has 4 unspecified atom stereocenters. The maximum Gasteiger partial charge on any atom is 0.314 e. The molecule has 0 saturated heterocycles. The van der Waals surface area contributed by atoms with Crippen LogP contribution < -0.4 is 4.74 Å². The SMILES string of the molecule is C=CCCc1ccc(OC(=O)C2CCCC3CC(C4CCC(CCC=C)CC4)CCC32)c(F)c1. The van der Waals surface area contributed by atoms with Crippen molar-refractivity contribution in [3.8, 4) is 5.75 Å². The van der Waals surface area contributed by atoms with Gasteiger partial charge in [0.25, 0.3) is 0 Å². The second-order valence-electron chi connectivity index (χ2n) is 11.2. The molecule has 4 rings (SSSR count). The van der Waals surface area contributed by atoms with Gasteiger partial charge in [-0.15, -0.1) is 13.2 Å². The predicted molar refractivity (Wildman–Crippen MR) is 137 cm³/mol. The highest BCUT2D eigenvalue weighted by Crippen LogP contribution is 2.50. The number of carbonyl (C=O) groups excluding carboxylic acids is 1. The lowest BCUT2D eigenvalue weighted by atomic mass is 9.59. The average Bonchev–Trinajstić information content (AvgIpc) is 2.87. The van der Waals surface area contributed by atoms with Gasteiger partial charge in [0.05, 0.1) is 5.92 Å². The van der Waals surface area contributed by atoms with Crippen molar-refractivity contribution in [2.24, 2.45) is 35.5 Å². The van der Waals surface area contributed by atoms with Crippen LogP contribution in [0.4, 0.5) is 4.39 Å². The van der Waals surface area contributed by atoms with Gasteiger partial charge in [-0.2, -0.15) is 0 Å². The molecule has 1 aromatic carbocycles. The fourth-order valence-corrected chi connectivity index (χ4v) is 7.26. The summed E-state index contributed by atoms with van der Waals surface area (Å²) in [5, 5.41) is 0. The first kappa shape index (κ1) is 25.2. The van der Waals surface area contributed by atoms with Crippen molar-refractivity contribution in [2.75, 3.05) is 0 Å². The van der Waals surface area contributed by atoms with Gasteiger partial charge in [-0.3, -0.25) is 4.79 Å². The number of ether oxygens (including phenoxy) is 1. The summed E-state index contributed by atoms with van der Waals surface area (Å²) in [6.45, 7) is 7.59. The normalized spacial score (nSPS) is 31.3. The third-order valence-electron chi connectivity index (χ3n) is 9.17. The van der Waals surface area contributed by atoms with Crippen molar-refractivity contribution < 1.29 is 13.9 Å². The molecule has 0 amide bonds. The van der Waals surface area contributed by atoms with E-state index in [-0.39, 0.29) is 17.6 Å². The molecule has 0 bridgehead atoms. The Bertz CT molecular complexity index is 838. The van der Waals surface area contributed by atoms with Crippen LogP contribution in [0.15, 0.2) is 43.5 Å². The molecular formula is C31H43FO2. The summed E-state index contributed by atoms with van der Waals surface area (Å²) in [6.07, 6.45) is 20.3. The first-order chi connectivity index (χ1) is 16.6. The maximum atomic E-state index is 14.6. The molecule has 186 valence electrons. The molecule has 34 heavy (non-hydrogen) atoms. The summed E-state index contributed by atoms with van der Waals surface area (Å²) in [5.74, 6) is 3.01. The fraction of sp³-hybridized carbons (Fsp3) is 0.645. The minimum absolute atomic E-state index is 0.0748. The number of fused-ring (bicyclic) bond motifs is 1. The van der Waals surface area contributed by atoms with E-state index in [9.17, 15) is 9.18 Å². The van der Waals surface area contributed by atoms with Crippen LogP contribution in [0.25, 0.3) is 0 Å². The fourth-order valence-electron chi connectivity index (χ4n) is 7.26. The quantitative estimate of drug-likeness (QED) is 0.207. The number of aryl methyl sites for hydroxylation is 1. The first-order valence-electron chi connectivity index (χ1n) is 13.8. The van der Waals surface area contributed by atoms with Gasteiger partial charge in [0.15, 0.2) is 11.6 Å². The van der Waals surface area contributed by atoms with Crippen molar-refractivity contribution in [3.63, 3.8) is 0 Å². The molecule has 3 fully saturated rings. The lowest BCUT2D eigenvalue weighted by molar-refractivity contribution is -0.144. The van der Waals surface area contributed by atoms with Crippen LogP contribution in [0.3, 0.4) is 0 Å². The number of hydrogen-bond acceptors (Lipinski definition) is 2. The van der Waals surface area contributed by atoms with Crippen molar-refractivity contribution in [1.29, 1.82) is 0 Å². The van der Waals surface area contributed by atoms with Crippen LogP contribution in [-0.2, 0) is 11.2 Å². The lowest BCUT2D eigenvalue weighted by Crippen LogP contribution is -2.40. The van der Waals surface area contributed by atoms with Gasteiger partial charge in [-0.1, -0.05) is 43.9 Å². The van der Waals surface area contributed by atoms with E-state index < -0.39 is 5.82 Å². The summed E-state index contributed by atoms with van der Waals surface area (Å²) in [5.41, 5.74) is 0.906. The van der Waals surface area contributed by atoms with Crippen LogP contribution in [0.5, 0.6) is 5.75 Å². The first-order valence-corrected chi connectivity index (χ1v) is 13.8. The van der Waals surface area contributed by atoms with Gasteiger partial charge in [-0.05, 0) is 111 Å². The Hall–Kier alpha value is -1.90. The molecule has 0 radical (unpaired) electrons. The van der Waals surface area contributed by atoms with Gasteiger partial charge in [0, 0.05) is 0 Å². The Balaban J connectivity index is 1.31. The van der Waals surface area contributed by atoms with E-state index in [0.717, 1.165) is 61.8 Å². The number of carbonyl (C=O) groups is 1. The van der Waals surface area contributed by atoms with E-state index in [0.29, 0.717) is 11.8 Å². The zero-order valence-electron chi connectivity index (χ0n) is 20.9. The van der Waals surface area contributed by atoms with Gasteiger partial charge in [-0.25, -0.2) is 4.39 Å². The van der Waals surface area contributed by atoms with Gasteiger partial charge in [0.2, 0.25) is 0 Å². The third-order valence-corrected chi connectivity index (χ3v) is 9.17. The molecule has 0 aliphatic heterocycles. The number of allylic oxidation sites excluding steroid dienone is 2. The zero-order valence-corrected chi connectivity index (χ0v) is 20.9. The summed E-state index contributed by atoms with van der Waals surface area (Å²) >= 11 is 0. The molecule has 1 aromatic rings. The van der Waals surface area contributed by atoms with Gasteiger partial charge < -0.3 is 4.74 Å². The molecule has 0 N–H and O–H groups in total. The van der Waals surface area contributed by atoms with Crippen LogP contribution >= 0.6 is 0 Å².